The average Bonchev–Trinajstić information content (AvgIpc) is 2.59. The van der Waals surface area contributed by atoms with Crippen LogP contribution in [-0.2, 0) is 10.2 Å². The highest BCUT2D eigenvalue weighted by Crippen LogP contribution is 2.20. The average molecular weight is 264 g/mol. The van der Waals surface area contributed by atoms with Gasteiger partial charge in [-0.25, -0.2) is 14.8 Å². The molecule has 1 aromatic heterocycles. The lowest BCUT2D eigenvalue weighted by atomic mass is 10.2. The third kappa shape index (κ3) is 4.44. The molecule has 0 amide bonds. The molecule has 0 aromatic carbocycles. The van der Waals surface area contributed by atoms with Crippen LogP contribution in [0, 0.1) is 0 Å². The highest BCUT2D eigenvalue weighted by Gasteiger charge is 2.11. The number of nitrogens with zero attached hydrogens (tertiary/aromatic N) is 1. The smallest absolute Gasteiger partial charge is 0.298 e. The van der Waals surface area contributed by atoms with Gasteiger partial charge in [0, 0.05) is 11.4 Å². The summed E-state index contributed by atoms with van der Waals surface area (Å²) in [6.07, 6.45) is 1.04. The van der Waals surface area contributed by atoms with E-state index in [1.807, 2.05) is 6.92 Å². The van der Waals surface area contributed by atoms with Crippen LogP contribution in [0.3, 0.4) is 0 Å². The third-order valence-corrected chi connectivity index (χ3v) is 3.28. The molecule has 1 atom stereocenters. The minimum atomic E-state index is -3.73. The highest BCUT2D eigenvalue weighted by atomic mass is 32.2. The monoisotopic (exact) mass is 264 g/mol. The zero-order valence-corrected chi connectivity index (χ0v) is 10.9. The second-order valence-electron chi connectivity index (χ2n) is 3.40. The second kappa shape index (κ2) is 5.58. The molecule has 0 fully saturated rings. The van der Waals surface area contributed by atoms with E-state index < -0.39 is 10.2 Å². The van der Waals surface area contributed by atoms with Crippen molar-refractivity contribution in [3.8, 4) is 0 Å². The van der Waals surface area contributed by atoms with E-state index in [1.54, 1.807) is 5.38 Å². The van der Waals surface area contributed by atoms with Gasteiger partial charge in [0.15, 0.2) is 5.13 Å². The van der Waals surface area contributed by atoms with Crippen molar-refractivity contribution >= 4 is 26.7 Å². The molecule has 0 aliphatic carbocycles. The number of rotatable bonds is 6. The molecule has 6 nitrogen and oxygen atoms in total. The molecule has 0 saturated heterocycles. The van der Waals surface area contributed by atoms with Crippen molar-refractivity contribution in [1.29, 1.82) is 0 Å². The quantitative estimate of drug-likeness (QED) is 0.708. The number of hydrogen-bond acceptors (Lipinski definition) is 5. The van der Waals surface area contributed by atoms with Gasteiger partial charge in [-0.2, -0.15) is 8.42 Å². The Balaban J connectivity index is 2.64. The van der Waals surface area contributed by atoms with Gasteiger partial charge < -0.3 is 5.32 Å². The van der Waals surface area contributed by atoms with Gasteiger partial charge in [0.1, 0.15) is 0 Å². The minimum Gasteiger partial charge on any atom is -0.309 e. The number of hydrogen-bond donors (Lipinski definition) is 3. The molecule has 1 rings (SSSR count). The molecule has 1 unspecified atom stereocenters. The SMILES string of the molecule is CCCNC(C)c1csc(NS(N)(=O)=O)n1. The fraction of sp³-hybridized carbons (Fsp3) is 0.625. The molecule has 1 aromatic rings. The number of nitrogens with two attached hydrogens (primary N) is 1. The molecule has 1 heterocycles. The van der Waals surface area contributed by atoms with Crippen LogP contribution in [0.1, 0.15) is 32.0 Å². The van der Waals surface area contributed by atoms with E-state index >= 15 is 0 Å². The van der Waals surface area contributed by atoms with Crippen LogP contribution >= 0.6 is 11.3 Å². The van der Waals surface area contributed by atoms with Crippen molar-refractivity contribution in [3.05, 3.63) is 11.1 Å². The first-order chi connectivity index (χ1) is 7.42. The first kappa shape index (κ1) is 13.4. The van der Waals surface area contributed by atoms with Gasteiger partial charge in [-0.05, 0) is 19.9 Å². The summed E-state index contributed by atoms with van der Waals surface area (Å²) in [7, 11) is -3.73. The van der Waals surface area contributed by atoms with Crippen LogP contribution in [0.5, 0.6) is 0 Å². The van der Waals surface area contributed by atoms with Crippen LogP contribution < -0.4 is 15.2 Å². The highest BCUT2D eigenvalue weighted by molar-refractivity contribution is 7.90. The third-order valence-electron chi connectivity index (χ3n) is 1.90. The normalized spacial score (nSPS) is 13.7. The predicted molar refractivity (Wildman–Crippen MR) is 65.6 cm³/mol. The van der Waals surface area contributed by atoms with Crippen LogP contribution in [0.25, 0.3) is 0 Å². The molecule has 0 aliphatic rings. The van der Waals surface area contributed by atoms with E-state index in [-0.39, 0.29) is 6.04 Å². The molecular weight excluding hydrogens is 248 g/mol. The predicted octanol–water partition coefficient (Wildman–Crippen LogP) is 0.819. The molecule has 4 N–H and O–H groups in total. The van der Waals surface area contributed by atoms with Crippen molar-refractivity contribution in [2.24, 2.45) is 5.14 Å². The van der Waals surface area contributed by atoms with E-state index in [1.165, 1.54) is 11.3 Å². The zero-order chi connectivity index (χ0) is 12.2. The molecule has 16 heavy (non-hydrogen) atoms. The Morgan fingerprint density at radius 2 is 2.31 bits per heavy atom. The number of nitrogens with one attached hydrogen (secondary N) is 2. The lowest BCUT2D eigenvalue weighted by Gasteiger charge is -2.09. The number of thiazole rings is 1. The maximum absolute atomic E-state index is 10.8. The Morgan fingerprint density at radius 3 is 2.88 bits per heavy atom. The Morgan fingerprint density at radius 1 is 1.62 bits per heavy atom. The van der Waals surface area contributed by atoms with Crippen molar-refractivity contribution < 1.29 is 8.42 Å². The summed E-state index contributed by atoms with van der Waals surface area (Å²) in [5, 5.41) is 10.2. The molecular formula is C8H16N4O2S2. The van der Waals surface area contributed by atoms with Crippen LogP contribution in [-0.4, -0.2) is 19.9 Å². The van der Waals surface area contributed by atoms with Crippen LogP contribution in [0.2, 0.25) is 0 Å². The van der Waals surface area contributed by atoms with Gasteiger partial charge in [0.25, 0.3) is 10.2 Å². The van der Waals surface area contributed by atoms with Crippen LogP contribution in [0.15, 0.2) is 5.38 Å². The van der Waals surface area contributed by atoms with E-state index in [0.717, 1.165) is 18.7 Å². The largest absolute Gasteiger partial charge is 0.309 e. The number of anilines is 1. The topological polar surface area (TPSA) is 97.1 Å². The molecule has 0 saturated carbocycles. The fourth-order valence-electron chi connectivity index (χ4n) is 1.12. The van der Waals surface area contributed by atoms with Crippen LogP contribution in [0.4, 0.5) is 5.13 Å². The summed E-state index contributed by atoms with van der Waals surface area (Å²) in [5.41, 5.74) is 0.810. The summed E-state index contributed by atoms with van der Waals surface area (Å²) >= 11 is 1.22. The Kier molecular flexibility index (Phi) is 4.66. The maximum Gasteiger partial charge on any atom is 0.298 e. The molecule has 92 valence electrons. The summed E-state index contributed by atoms with van der Waals surface area (Å²) in [5.74, 6) is 0. The van der Waals surface area contributed by atoms with Gasteiger partial charge in [-0.1, -0.05) is 6.92 Å². The minimum absolute atomic E-state index is 0.104. The number of aromatic nitrogens is 1. The molecule has 0 spiro atoms. The zero-order valence-electron chi connectivity index (χ0n) is 9.23. The van der Waals surface area contributed by atoms with E-state index in [4.69, 9.17) is 5.14 Å². The van der Waals surface area contributed by atoms with Gasteiger partial charge in [0.2, 0.25) is 0 Å². The summed E-state index contributed by atoms with van der Waals surface area (Å²) in [4.78, 5) is 4.13. The second-order valence-corrected chi connectivity index (χ2v) is 5.55. The van der Waals surface area contributed by atoms with Gasteiger partial charge in [-0.3, -0.25) is 0 Å². The van der Waals surface area contributed by atoms with Crippen molar-refractivity contribution in [2.75, 3.05) is 11.3 Å². The lowest BCUT2D eigenvalue weighted by molar-refractivity contribution is 0.561. The lowest BCUT2D eigenvalue weighted by Crippen LogP contribution is -2.22. The van der Waals surface area contributed by atoms with E-state index in [9.17, 15) is 8.42 Å². The molecule has 0 radical (unpaired) electrons. The van der Waals surface area contributed by atoms with Gasteiger partial charge >= 0.3 is 0 Å². The summed E-state index contributed by atoms with van der Waals surface area (Å²) in [6.45, 7) is 4.96. The fourth-order valence-corrected chi connectivity index (χ4v) is 2.60. The Hall–Kier alpha value is -0.700. The Bertz CT molecular complexity index is 429. The van der Waals surface area contributed by atoms with Crippen molar-refractivity contribution in [1.82, 2.24) is 10.3 Å². The van der Waals surface area contributed by atoms with Crippen molar-refractivity contribution in [3.63, 3.8) is 0 Å². The van der Waals surface area contributed by atoms with Gasteiger partial charge in [-0.15, -0.1) is 11.3 Å². The van der Waals surface area contributed by atoms with Gasteiger partial charge in [0.05, 0.1) is 5.69 Å². The maximum atomic E-state index is 10.8. The molecule has 0 aliphatic heterocycles. The molecule has 8 heteroatoms. The summed E-state index contributed by atoms with van der Waals surface area (Å²) < 4.78 is 23.7. The van der Waals surface area contributed by atoms with E-state index in [2.05, 4.69) is 21.9 Å². The van der Waals surface area contributed by atoms with E-state index in [0.29, 0.717) is 5.13 Å². The first-order valence-corrected chi connectivity index (χ1v) is 7.34. The summed E-state index contributed by atoms with van der Waals surface area (Å²) in [6, 6.07) is 0.104. The van der Waals surface area contributed by atoms with Crippen molar-refractivity contribution in [2.45, 2.75) is 26.3 Å². The molecule has 0 bridgehead atoms. The first-order valence-electron chi connectivity index (χ1n) is 4.91. The standard InChI is InChI=1S/C8H16N4O2S2/c1-3-4-10-6(2)7-5-15-8(11-7)12-16(9,13)14/h5-6,10H,3-4H2,1-2H3,(H,11,12)(H2,9,13,14). The Labute approximate surface area is 99.5 Å².